The van der Waals surface area contributed by atoms with Gasteiger partial charge in [-0.2, -0.15) is 13.2 Å². The fourth-order valence-electron chi connectivity index (χ4n) is 7.47. The molecule has 0 N–H and O–H groups in total. The van der Waals surface area contributed by atoms with E-state index in [0.29, 0.717) is 24.7 Å². The number of nitrogens with zero attached hydrogens (tertiary/aromatic N) is 2. The summed E-state index contributed by atoms with van der Waals surface area (Å²) in [5, 5.41) is 0. The summed E-state index contributed by atoms with van der Waals surface area (Å²) in [6.45, 7) is 7.26. The Balaban J connectivity index is 1.30. The molecule has 0 aliphatic carbocycles. The Morgan fingerprint density at radius 3 is 2.00 bits per heavy atom. The third-order valence-electron chi connectivity index (χ3n) is 10.4. The molecule has 0 saturated heterocycles. The highest BCUT2D eigenvalue weighted by atomic mass is 19.4. The third-order valence-corrected chi connectivity index (χ3v) is 10.4. The van der Waals surface area contributed by atoms with Gasteiger partial charge in [0.05, 0.1) is 25.9 Å². The second kappa shape index (κ2) is 18.0. The van der Waals surface area contributed by atoms with Crippen molar-refractivity contribution >= 4 is 22.7 Å². The summed E-state index contributed by atoms with van der Waals surface area (Å²) in [6.07, 6.45) is -0.0488. The van der Waals surface area contributed by atoms with E-state index >= 15 is 0 Å². The van der Waals surface area contributed by atoms with Gasteiger partial charge in [0.2, 0.25) is 0 Å². The van der Waals surface area contributed by atoms with Gasteiger partial charge in [-0.05, 0) is 96.3 Å². The van der Waals surface area contributed by atoms with E-state index in [4.69, 9.17) is 14.2 Å². The van der Waals surface area contributed by atoms with Crippen LogP contribution < -0.4 is 19.3 Å². The SMILES string of the molecule is CCCCN(CCCC)c1ccc2c(c1)Oc1ccc(N(c3ccccc3)c3cccc(C(F)(F)F)c3)cc1C2c1cccc(COCc2ccc(OC)cc2)c1. The molecule has 0 fully saturated rings. The minimum Gasteiger partial charge on any atom is -0.497 e. The second-order valence-electron chi connectivity index (χ2n) is 14.5. The number of alkyl halides is 3. The summed E-state index contributed by atoms with van der Waals surface area (Å²) in [7, 11) is 1.65. The van der Waals surface area contributed by atoms with Gasteiger partial charge in [-0.15, -0.1) is 0 Å². The standard InChI is InChI=1S/C49H49F3N2O3/c1-4-6-27-53(28-7-5-2)40-21-25-44-47(32-40)57-46-26-22-42(54(39-16-9-8-10-17-39)41-18-12-15-38(30-41)49(50,51)52)31-45(46)48(44)37-14-11-13-36(29-37)34-56-33-35-19-23-43(55-3)24-20-35/h8-26,29-32,48H,4-7,27-28,33-34H2,1-3H3. The molecule has 6 aromatic rings. The third kappa shape index (κ3) is 9.29. The molecule has 1 aliphatic heterocycles. The highest BCUT2D eigenvalue weighted by Crippen LogP contribution is 2.51. The van der Waals surface area contributed by atoms with E-state index in [1.807, 2.05) is 71.6 Å². The maximum atomic E-state index is 14.0. The maximum Gasteiger partial charge on any atom is 0.416 e. The van der Waals surface area contributed by atoms with E-state index in [9.17, 15) is 13.2 Å². The van der Waals surface area contributed by atoms with E-state index in [-0.39, 0.29) is 5.92 Å². The van der Waals surface area contributed by atoms with Crippen LogP contribution in [0.15, 0.2) is 140 Å². The normalized spacial score (nSPS) is 13.3. The highest BCUT2D eigenvalue weighted by molar-refractivity contribution is 5.79. The molecule has 7 rings (SSSR count). The van der Waals surface area contributed by atoms with Crippen LogP contribution in [-0.4, -0.2) is 20.2 Å². The molecule has 0 aromatic heterocycles. The van der Waals surface area contributed by atoms with E-state index in [1.165, 1.54) is 12.1 Å². The van der Waals surface area contributed by atoms with Gasteiger partial charge in [0.15, 0.2) is 0 Å². The lowest BCUT2D eigenvalue weighted by molar-refractivity contribution is -0.137. The zero-order valence-corrected chi connectivity index (χ0v) is 32.8. The average molecular weight is 771 g/mol. The molecule has 1 aliphatic rings. The molecule has 8 heteroatoms. The molecule has 6 aromatic carbocycles. The number of anilines is 4. The van der Waals surface area contributed by atoms with Gasteiger partial charge in [0, 0.05) is 59.0 Å². The Bertz CT molecular complexity index is 2230. The minimum atomic E-state index is -4.48. The Morgan fingerprint density at radius 1 is 0.596 bits per heavy atom. The highest BCUT2D eigenvalue weighted by Gasteiger charge is 2.33. The number of hydrogen-bond acceptors (Lipinski definition) is 5. The zero-order valence-electron chi connectivity index (χ0n) is 32.8. The lowest BCUT2D eigenvalue weighted by Crippen LogP contribution is -2.26. The molecular weight excluding hydrogens is 722 g/mol. The van der Waals surface area contributed by atoms with Crippen molar-refractivity contribution in [3.8, 4) is 17.2 Å². The molecule has 1 heterocycles. The van der Waals surface area contributed by atoms with Crippen LogP contribution in [0.2, 0.25) is 0 Å². The van der Waals surface area contributed by atoms with Crippen molar-refractivity contribution in [2.24, 2.45) is 0 Å². The molecule has 0 saturated carbocycles. The summed E-state index contributed by atoms with van der Waals surface area (Å²) in [5.74, 6) is 2.09. The molecule has 1 unspecified atom stereocenters. The average Bonchev–Trinajstić information content (AvgIpc) is 3.23. The Labute approximate surface area is 334 Å². The van der Waals surface area contributed by atoms with Crippen LogP contribution in [0.1, 0.15) is 78.8 Å². The van der Waals surface area contributed by atoms with Crippen molar-refractivity contribution in [2.45, 2.75) is 64.8 Å². The fourth-order valence-corrected chi connectivity index (χ4v) is 7.47. The van der Waals surface area contributed by atoms with Crippen molar-refractivity contribution < 1.29 is 27.4 Å². The zero-order chi connectivity index (χ0) is 39.8. The first-order valence-corrected chi connectivity index (χ1v) is 19.8. The topological polar surface area (TPSA) is 34.2 Å². The molecule has 294 valence electrons. The van der Waals surface area contributed by atoms with Crippen molar-refractivity contribution in [3.63, 3.8) is 0 Å². The predicted molar refractivity (Wildman–Crippen MR) is 224 cm³/mol. The van der Waals surface area contributed by atoms with E-state index in [2.05, 4.69) is 67.3 Å². The summed E-state index contributed by atoms with van der Waals surface area (Å²) < 4.78 is 60.3. The van der Waals surface area contributed by atoms with Gasteiger partial charge in [0.25, 0.3) is 0 Å². The van der Waals surface area contributed by atoms with Gasteiger partial charge in [-0.3, -0.25) is 0 Å². The van der Waals surface area contributed by atoms with Gasteiger partial charge >= 0.3 is 6.18 Å². The van der Waals surface area contributed by atoms with Crippen LogP contribution >= 0.6 is 0 Å². The van der Waals surface area contributed by atoms with Crippen molar-refractivity contribution in [2.75, 3.05) is 30.0 Å². The van der Waals surface area contributed by atoms with Crippen molar-refractivity contribution in [1.82, 2.24) is 0 Å². The van der Waals surface area contributed by atoms with E-state index in [0.717, 1.165) is 101 Å². The Kier molecular flexibility index (Phi) is 12.5. The largest absolute Gasteiger partial charge is 0.497 e. The number of methoxy groups -OCH3 is 1. The number of fused-ring (bicyclic) bond motifs is 2. The van der Waals surface area contributed by atoms with Crippen LogP contribution in [0.4, 0.5) is 35.9 Å². The lowest BCUT2D eigenvalue weighted by atomic mass is 9.81. The van der Waals surface area contributed by atoms with Crippen LogP contribution in [0.25, 0.3) is 0 Å². The first kappa shape index (κ1) is 39.5. The summed E-state index contributed by atoms with van der Waals surface area (Å²) in [6, 6.07) is 43.8. The molecule has 0 radical (unpaired) electrons. The second-order valence-corrected chi connectivity index (χ2v) is 14.5. The first-order chi connectivity index (χ1) is 27.7. The summed E-state index contributed by atoms with van der Waals surface area (Å²) in [5.41, 5.74) is 7.39. The van der Waals surface area contributed by atoms with E-state index in [1.54, 1.807) is 13.2 Å². The molecular formula is C49H49F3N2O3. The Morgan fingerprint density at radius 2 is 1.28 bits per heavy atom. The quantitative estimate of drug-likeness (QED) is 0.0978. The number of benzene rings is 6. The van der Waals surface area contributed by atoms with Gasteiger partial charge in [-0.25, -0.2) is 0 Å². The number of halogens is 3. The van der Waals surface area contributed by atoms with Crippen LogP contribution in [-0.2, 0) is 24.1 Å². The van der Waals surface area contributed by atoms with Crippen LogP contribution in [0.5, 0.6) is 17.2 Å². The fraction of sp³-hybridized carbons (Fsp3) is 0.265. The molecule has 0 amide bonds. The van der Waals surface area contributed by atoms with Gasteiger partial charge < -0.3 is 24.0 Å². The number of para-hydroxylation sites is 1. The maximum absolute atomic E-state index is 14.0. The molecule has 1 atom stereocenters. The number of unbranched alkanes of at least 4 members (excludes halogenated alkanes) is 2. The predicted octanol–water partition coefficient (Wildman–Crippen LogP) is 13.6. The van der Waals surface area contributed by atoms with Crippen molar-refractivity contribution in [1.29, 1.82) is 0 Å². The van der Waals surface area contributed by atoms with Crippen LogP contribution in [0, 0.1) is 0 Å². The van der Waals surface area contributed by atoms with E-state index < -0.39 is 11.7 Å². The Hall–Kier alpha value is -5.73. The van der Waals surface area contributed by atoms with Gasteiger partial charge in [-0.1, -0.05) is 93.4 Å². The van der Waals surface area contributed by atoms with Crippen molar-refractivity contribution in [3.05, 3.63) is 173 Å². The number of ether oxygens (including phenoxy) is 3. The summed E-state index contributed by atoms with van der Waals surface area (Å²) >= 11 is 0. The minimum absolute atomic E-state index is 0.224. The molecule has 0 bridgehead atoms. The summed E-state index contributed by atoms with van der Waals surface area (Å²) in [4.78, 5) is 4.33. The lowest BCUT2D eigenvalue weighted by Gasteiger charge is -2.33. The smallest absolute Gasteiger partial charge is 0.416 e. The number of hydrogen-bond donors (Lipinski definition) is 0. The molecule has 57 heavy (non-hydrogen) atoms. The van der Waals surface area contributed by atoms with Gasteiger partial charge in [0.1, 0.15) is 17.2 Å². The first-order valence-electron chi connectivity index (χ1n) is 19.8. The van der Waals surface area contributed by atoms with Crippen LogP contribution in [0.3, 0.4) is 0 Å². The monoisotopic (exact) mass is 770 g/mol. The number of rotatable bonds is 16. The molecule has 5 nitrogen and oxygen atoms in total. The molecule has 0 spiro atoms.